The Morgan fingerprint density at radius 3 is 2.72 bits per heavy atom. The van der Waals surface area contributed by atoms with Gasteiger partial charge in [-0.2, -0.15) is 0 Å². The maximum absolute atomic E-state index is 9.38. The molecule has 0 fully saturated rings. The molecule has 2 heterocycles. The van der Waals surface area contributed by atoms with E-state index in [2.05, 4.69) is 25.9 Å². The van der Waals surface area contributed by atoms with Crippen LogP contribution < -0.4 is 4.74 Å². The number of aliphatic hydroxyl groups excluding tert-OH is 1. The average molecular weight is 309 g/mol. The van der Waals surface area contributed by atoms with Crippen molar-refractivity contribution in [1.82, 2.24) is 9.97 Å². The Kier molecular flexibility index (Phi) is 3.93. The molecule has 0 bridgehead atoms. The molecule has 0 atom stereocenters. The monoisotopic (exact) mass is 308 g/mol. The number of rotatable bonds is 3. The lowest BCUT2D eigenvalue weighted by molar-refractivity contribution is 0.274. The zero-order chi connectivity index (χ0) is 13.1. The number of hydrogen-bond acceptors (Lipinski definition) is 4. The summed E-state index contributed by atoms with van der Waals surface area (Å²) >= 11 is 3.33. The SMILES string of the molecule is Cc1cc(C)c(CO)c(Oc2cncc(Br)c2)n1. The first-order valence-electron chi connectivity index (χ1n) is 5.46. The Balaban J connectivity index is 2.39. The summed E-state index contributed by atoms with van der Waals surface area (Å²) in [6.45, 7) is 3.71. The number of halogens is 1. The van der Waals surface area contributed by atoms with Crippen LogP contribution in [0.4, 0.5) is 0 Å². The zero-order valence-electron chi connectivity index (χ0n) is 10.1. The third-order valence-corrected chi connectivity index (χ3v) is 2.92. The Hall–Kier alpha value is -1.46. The van der Waals surface area contributed by atoms with Gasteiger partial charge in [0.2, 0.25) is 5.88 Å². The first-order chi connectivity index (χ1) is 8.60. The van der Waals surface area contributed by atoms with E-state index in [9.17, 15) is 5.11 Å². The third kappa shape index (κ3) is 2.86. The van der Waals surface area contributed by atoms with Crippen molar-refractivity contribution in [1.29, 1.82) is 0 Å². The number of aliphatic hydroxyl groups is 1. The average Bonchev–Trinajstić information content (AvgIpc) is 2.28. The number of ether oxygens (including phenoxy) is 1. The Bertz CT molecular complexity index is 573. The number of hydrogen-bond donors (Lipinski definition) is 1. The minimum atomic E-state index is -0.101. The molecule has 0 radical (unpaired) electrons. The van der Waals surface area contributed by atoms with Crippen molar-refractivity contribution in [2.24, 2.45) is 0 Å². The fraction of sp³-hybridized carbons (Fsp3) is 0.231. The summed E-state index contributed by atoms with van der Waals surface area (Å²) in [6.07, 6.45) is 3.28. The molecular weight excluding hydrogens is 296 g/mol. The molecular formula is C13H13BrN2O2. The van der Waals surface area contributed by atoms with Gasteiger partial charge in [0, 0.05) is 21.9 Å². The van der Waals surface area contributed by atoms with Gasteiger partial charge in [0.15, 0.2) is 0 Å². The number of nitrogens with zero attached hydrogens (tertiary/aromatic N) is 2. The second-order valence-corrected chi connectivity index (χ2v) is 4.88. The zero-order valence-corrected chi connectivity index (χ0v) is 11.7. The van der Waals surface area contributed by atoms with Crippen LogP contribution in [0.1, 0.15) is 16.8 Å². The second kappa shape index (κ2) is 5.46. The summed E-state index contributed by atoms with van der Waals surface area (Å²) in [7, 11) is 0. The largest absolute Gasteiger partial charge is 0.437 e. The molecule has 94 valence electrons. The molecule has 5 heteroatoms. The van der Waals surface area contributed by atoms with Crippen LogP contribution in [0.3, 0.4) is 0 Å². The van der Waals surface area contributed by atoms with Gasteiger partial charge in [-0.1, -0.05) is 0 Å². The summed E-state index contributed by atoms with van der Waals surface area (Å²) in [5.41, 5.74) is 2.51. The van der Waals surface area contributed by atoms with Crippen LogP contribution in [0.15, 0.2) is 29.0 Å². The smallest absolute Gasteiger partial charge is 0.225 e. The molecule has 18 heavy (non-hydrogen) atoms. The lowest BCUT2D eigenvalue weighted by Crippen LogP contribution is -2.00. The van der Waals surface area contributed by atoms with Gasteiger partial charge in [0.05, 0.1) is 12.8 Å². The molecule has 0 amide bonds. The van der Waals surface area contributed by atoms with Crippen LogP contribution >= 0.6 is 15.9 Å². The van der Waals surface area contributed by atoms with Crippen molar-refractivity contribution >= 4 is 15.9 Å². The summed E-state index contributed by atoms with van der Waals surface area (Å²) in [5, 5.41) is 9.38. The van der Waals surface area contributed by atoms with E-state index >= 15 is 0 Å². The second-order valence-electron chi connectivity index (χ2n) is 3.96. The van der Waals surface area contributed by atoms with Crippen molar-refractivity contribution in [2.45, 2.75) is 20.5 Å². The van der Waals surface area contributed by atoms with Crippen LogP contribution in [0.2, 0.25) is 0 Å². The third-order valence-electron chi connectivity index (χ3n) is 2.49. The van der Waals surface area contributed by atoms with Crippen LogP contribution in [0.25, 0.3) is 0 Å². The van der Waals surface area contributed by atoms with E-state index in [1.807, 2.05) is 19.9 Å². The standard InChI is InChI=1S/C13H13BrN2O2/c1-8-3-9(2)16-13(12(8)7-17)18-11-4-10(14)5-15-6-11/h3-6,17H,7H2,1-2H3. The summed E-state index contributed by atoms with van der Waals surface area (Å²) < 4.78 is 6.51. The number of aryl methyl sites for hydroxylation is 2. The molecule has 0 aliphatic carbocycles. The van der Waals surface area contributed by atoms with E-state index in [-0.39, 0.29) is 6.61 Å². The van der Waals surface area contributed by atoms with Crippen molar-refractivity contribution < 1.29 is 9.84 Å². The molecule has 2 aromatic rings. The van der Waals surface area contributed by atoms with Crippen molar-refractivity contribution in [3.8, 4) is 11.6 Å². The van der Waals surface area contributed by atoms with Gasteiger partial charge in [0.1, 0.15) is 5.75 Å². The number of pyridine rings is 2. The fourth-order valence-electron chi connectivity index (χ4n) is 1.67. The quantitative estimate of drug-likeness (QED) is 0.946. The first kappa shape index (κ1) is 13.0. The molecule has 0 saturated heterocycles. The minimum absolute atomic E-state index is 0.101. The van der Waals surface area contributed by atoms with E-state index < -0.39 is 0 Å². The Morgan fingerprint density at radius 2 is 2.06 bits per heavy atom. The van der Waals surface area contributed by atoms with E-state index in [4.69, 9.17) is 4.74 Å². The van der Waals surface area contributed by atoms with Crippen LogP contribution in [-0.2, 0) is 6.61 Å². The molecule has 4 nitrogen and oxygen atoms in total. The van der Waals surface area contributed by atoms with Gasteiger partial charge in [-0.3, -0.25) is 4.98 Å². The first-order valence-corrected chi connectivity index (χ1v) is 6.26. The fourth-order valence-corrected chi connectivity index (χ4v) is 2.01. The molecule has 0 aliphatic rings. The minimum Gasteiger partial charge on any atom is -0.437 e. The maximum atomic E-state index is 9.38. The molecule has 0 unspecified atom stereocenters. The van der Waals surface area contributed by atoms with E-state index in [1.165, 1.54) is 0 Å². The highest BCUT2D eigenvalue weighted by Crippen LogP contribution is 2.27. The maximum Gasteiger partial charge on any atom is 0.225 e. The van der Waals surface area contributed by atoms with E-state index in [0.29, 0.717) is 17.2 Å². The molecule has 0 saturated carbocycles. The van der Waals surface area contributed by atoms with Gasteiger partial charge >= 0.3 is 0 Å². The van der Waals surface area contributed by atoms with Gasteiger partial charge in [-0.15, -0.1) is 0 Å². The Labute approximate surface area is 114 Å². The van der Waals surface area contributed by atoms with Gasteiger partial charge in [-0.25, -0.2) is 4.98 Å². The molecule has 2 rings (SSSR count). The summed E-state index contributed by atoms with van der Waals surface area (Å²) in [6, 6.07) is 3.71. The van der Waals surface area contributed by atoms with Crippen molar-refractivity contribution in [2.75, 3.05) is 0 Å². The lowest BCUT2D eigenvalue weighted by Gasteiger charge is -2.11. The number of aromatic nitrogens is 2. The molecule has 0 spiro atoms. The summed E-state index contributed by atoms with van der Waals surface area (Å²) in [4.78, 5) is 8.32. The van der Waals surface area contributed by atoms with Crippen LogP contribution in [-0.4, -0.2) is 15.1 Å². The van der Waals surface area contributed by atoms with Crippen LogP contribution in [0.5, 0.6) is 11.6 Å². The van der Waals surface area contributed by atoms with E-state index in [0.717, 1.165) is 15.7 Å². The van der Waals surface area contributed by atoms with E-state index in [1.54, 1.807) is 18.5 Å². The van der Waals surface area contributed by atoms with Crippen molar-refractivity contribution in [3.05, 3.63) is 45.8 Å². The highest BCUT2D eigenvalue weighted by molar-refractivity contribution is 9.10. The molecule has 0 aliphatic heterocycles. The van der Waals surface area contributed by atoms with Gasteiger partial charge < -0.3 is 9.84 Å². The normalized spacial score (nSPS) is 10.4. The highest BCUT2D eigenvalue weighted by Gasteiger charge is 2.10. The predicted octanol–water partition coefficient (Wildman–Crippen LogP) is 3.14. The molecule has 1 N–H and O–H groups in total. The van der Waals surface area contributed by atoms with Crippen molar-refractivity contribution in [3.63, 3.8) is 0 Å². The Morgan fingerprint density at radius 1 is 1.28 bits per heavy atom. The summed E-state index contributed by atoms with van der Waals surface area (Å²) in [5.74, 6) is 1.01. The van der Waals surface area contributed by atoms with Gasteiger partial charge in [0.25, 0.3) is 0 Å². The predicted molar refractivity (Wildman–Crippen MR) is 71.6 cm³/mol. The molecule has 2 aromatic heterocycles. The topological polar surface area (TPSA) is 55.2 Å². The van der Waals surface area contributed by atoms with Crippen LogP contribution in [0, 0.1) is 13.8 Å². The lowest BCUT2D eigenvalue weighted by atomic mass is 10.1. The van der Waals surface area contributed by atoms with Gasteiger partial charge in [-0.05, 0) is 47.5 Å². The molecule has 0 aromatic carbocycles. The highest BCUT2D eigenvalue weighted by atomic mass is 79.9.